The zero-order valence-corrected chi connectivity index (χ0v) is 17.3. The molecule has 30 heavy (non-hydrogen) atoms. The van der Waals surface area contributed by atoms with Crippen LogP contribution in [-0.2, 0) is 19.6 Å². The van der Waals surface area contributed by atoms with E-state index in [1.165, 1.54) is 15.3 Å². The average Bonchev–Trinajstić information content (AvgIpc) is 3.24. The number of halogens is 1. The Morgan fingerprint density at radius 3 is 2.53 bits per heavy atom. The number of amides is 2. The lowest BCUT2D eigenvalue weighted by atomic mass is 10.1. The molecule has 7 nitrogen and oxygen atoms in total. The monoisotopic (exact) mass is 431 g/mol. The molecule has 0 radical (unpaired) electrons. The highest BCUT2D eigenvalue weighted by molar-refractivity contribution is 7.93. The molecule has 0 aliphatic carbocycles. The first-order valence-electron chi connectivity index (χ1n) is 9.72. The zero-order valence-electron chi connectivity index (χ0n) is 16.5. The molecule has 2 amide bonds. The predicted molar refractivity (Wildman–Crippen MR) is 112 cm³/mol. The zero-order chi connectivity index (χ0) is 21.5. The number of nitrogens with zero attached hydrogens (tertiary/aromatic N) is 2. The Bertz CT molecular complexity index is 1100. The molecule has 9 heteroatoms. The Balaban J connectivity index is 1.42. The summed E-state index contributed by atoms with van der Waals surface area (Å²) in [5.74, 6) is -1.58. The van der Waals surface area contributed by atoms with Crippen LogP contribution < -0.4 is 14.5 Å². The van der Waals surface area contributed by atoms with Gasteiger partial charge in [0, 0.05) is 25.2 Å². The van der Waals surface area contributed by atoms with E-state index in [0.717, 1.165) is 5.56 Å². The van der Waals surface area contributed by atoms with E-state index >= 15 is 0 Å². The molecular formula is C21H22FN3O4S. The normalized spacial score (nSPS) is 20.6. The van der Waals surface area contributed by atoms with Crippen LogP contribution in [0.15, 0.2) is 42.5 Å². The topological polar surface area (TPSA) is 86.8 Å². The second-order valence-corrected chi connectivity index (χ2v) is 9.65. The minimum absolute atomic E-state index is 0.00323. The minimum atomic E-state index is -3.26. The van der Waals surface area contributed by atoms with E-state index < -0.39 is 21.8 Å². The van der Waals surface area contributed by atoms with E-state index in [4.69, 9.17) is 0 Å². The molecule has 1 unspecified atom stereocenters. The van der Waals surface area contributed by atoms with E-state index in [1.54, 1.807) is 43.3 Å². The van der Waals surface area contributed by atoms with Crippen molar-refractivity contribution in [3.63, 3.8) is 0 Å². The first kappa shape index (κ1) is 20.3. The molecule has 0 spiro atoms. The van der Waals surface area contributed by atoms with Crippen molar-refractivity contribution >= 4 is 38.9 Å². The molecule has 2 aromatic carbocycles. The lowest BCUT2D eigenvalue weighted by Gasteiger charge is -2.18. The van der Waals surface area contributed by atoms with Gasteiger partial charge in [-0.2, -0.15) is 0 Å². The van der Waals surface area contributed by atoms with Crippen molar-refractivity contribution in [2.24, 2.45) is 5.92 Å². The number of aryl methyl sites for hydroxylation is 1. The highest BCUT2D eigenvalue weighted by Gasteiger charge is 2.36. The van der Waals surface area contributed by atoms with E-state index in [0.29, 0.717) is 24.3 Å². The van der Waals surface area contributed by atoms with Gasteiger partial charge >= 0.3 is 0 Å². The third-order valence-corrected chi connectivity index (χ3v) is 7.28. The molecule has 0 saturated carbocycles. The quantitative estimate of drug-likeness (QED) is 0.806. The van der Waals surface area contributed by atoms with E-state index in [9.17, 15) is 22.4 Å². The summed E-state index contributed by atoms with van der Waals surface area (Å²) < 4.78 is 39.6. The van der Waals surface area contributed by atoms with Crippen molar-refractivity contribution in [3.8, 4) is 0 Å². The van der Waals surface area contributed by atoms with Crippen LogP contribution >= 0.6 is 0 Å². The molecule has 4 rings (SSSR count). The number of rotatable bonds is 4. The Labute approximate surface area is 174 Å². The molecule has 1 N–H and O–H groups in total. The van der Waals surface area contributed by atoms with Crippen LogP contribution in [0.5, 0.6) is 0 Å². The number of anilines is 3. The van der Waals surface area contributed by atoms with E-state index in [2.05, 4.69) is 5.32 Å². The molecule has 2 aliphatic rings. The van der Waals surface area contributed by atoms with Crippen LogP contribution in [0, 0.1) is 18.7 Å². The summed E-state index contributed by atoms with van der Waals surface area (Å²) in [5, 5.41) is 2.76. The number of hydrogen-bond donors (Lipinski definition) is 1. The van der Waals surface area contributed by atoms with Crippen molar-refractivity contribution in [1.82, 2.24) is 0 Å². The summed E-state index contributed by atoms with van der Waals surface area (Å²) in [5.41, 5.74) is 2.00. The molecule has 2 saturated heterocycles. The van der Waals surface area contributed by atoms with Gasteiger partial charge in [0.05, 0.1) is 23.0 Å². The van der Waals surface area contributed by atoms with Crippen LogP contribution in [0.2, 0.25) is 0 Å². The second-order valence-electron chi connectivity index (χ2n) is 7.64. The van der Waals surface area contributed by atoms with Crippen LogP contribution in [-0.4, -0.2) is 39.1 Å². The molecular weight excluding hydrogens is 409 g/mol. The van der Waals surface area contributed by atoms with Gasteiger partial charge in [0.15, 0.2) is 0 Å². The molecule has 1 atom stereocenters. The number of hydrogen-bond acceptors (Lipinski definition) is 4. The fourth-order valence-electron chi connectivity index (χ4n) is 3.83. The largest absolute Gasteiger partial charge is 0.326 e. The lowest BCUT2D eigenvalue weighted by molar-refractivity contribution is -0.122. The van der Waals surface area contributed by atoms with Gasteiger partial charge < -0.3 is 10.2 Å². The number of carbonyl (C=O) groups excluding carboxylic acids is 2. The summed E-state index contributed by atoms with van der Waals surface area (Å²) in [6.45, 7) is 2.32. The summed E-state index contributed by atoms with van der Waals surface area (Å²) in [4.78, 5) is 26.3. The van der Waals surface area contributed by atoms with Crippen molar-refractivity contribution in [2.75, 3.05) is 33.4 Å². The summed E-state index contributed by atoms with van der Waals surface area (Å²) >= 11 is 0. The average molecular weight is 431 g/mol. The van der Waals surface area contributed by atoms with Gasteiger partial charge in [0.1, 0.15) is 5.82 Å². The minimum Gasteiger partial charge on any atom is -0.326 e. The molecule has 158 valence electrons. The highest BCUT2D eigenvalue weighted by atomic mass is 32.2. The third-order valence-electron chi connectivity index (χ3n) is 5.41. The molecule has 2 fully saturated rings. The van der Waals surface area contributed by atoms with Gasteiger partial charge in [-0.3, -0.25) is 13.9 Å². The van der Waals surface area contributed by atoms with Crippen LogP contribution in [0.4, 0.5) is 21.5 Å². The number of carbonyl (C=O) groups is 2. The lowest BCUT2D eigenvalue weighted by Crippen LogP contribution is -2.28. The smallest absolute Gasteiger partial charge is 0.235 e. The van der Waals surface area contributed by atoms with Crippen LogP contribution in [0.1, 0.15) is 18.4 Å². The molecule has 2 aromatic rings. The SMILES string of the molecule is Cc1ccc(N2CC(C(=O)Nc3ccc(N4CCCS4(=O)=O)cc3)CC2=O)c(F)c1. The first-order valence-corrected chi connectivity index (χ1v) is 11.3. The van der Waals surface area contributed by atoms with Gasteiger partial charge in [0.2, 0.25) is 21.8 Å². The van der Waals surface area contributed by atoms with Gasteiger partial charge in [-0.1, -0.05) is 6.07 Å². The van der Waals surface area contributed by atoms with Gasteiger partial charge in [0.25, 0.3) is 0 Å². The van der Waals surface area contributed by atoms with Crippen molar-refractivity contribution in [2.45, 2.75) is 19.8 Å². The summed E-state index contributed by atoms with van der Waals surface area (Å²) in [6.07, 6.45) is 0.595. The Morgan fingerprint density at radius 2 is 1.90 bits per heavy atom. The van der Waals surface area contributed by atoms with Crippen LogP contribution in [0.25, 0.3) is 0 Å². The number of sulfonamides is 1. The summed E-state index contributed by atoms with van der Waals surface area (Å²) in [7, 11) is -3.26. The standard InChI is InChI=1S/C21H22FN3O4S/c1-14-3-8-19(18(22)11-14)24-13-15(12-20(24)26)21(27)23-16-4-6-17(7-5-16)25-9-2-10-30(25,28)29/h3-8,11,15H,2,9-10,12-13H2,1H3,(H,23,27). The maximum atomic E-state index is 14.2. The molecule has 0 aromatic heterocycles. The van der Waals surface area contributed by atoms with Crippen molar-refractivity contribution in [3.05, 3.63) is 53.8 Å². The number of benzene rings is 2. The molecule has 0 bridgehead atoms. The van der Waals surface area contributed by atoms with E-state index in [1.807, 2.05) is 0 Å². The molecule has 2 aliphatic heterocycles. The third kappa shape index (κ3) is 3.89. The summed E-state index contributed by atoms with van der Waals surface area (Å²) in [6, 6.07) is 11.2. The second kappa shape index (κ2) is 7.71. The van der Waals surface area contributed by atoms with Crippen molar-refractivity contribution in [1.29, 1.82) is 0 Å². The van der Waals surface area contributed by atoms with Gasteiger partial charge in [-0.15, -0.1) is 0 Å². The highest BCUT2D eigenvalue weighted by Crippen LogP contribution is 2.29. The van der Waals surface area contributed by atoms with E-state index in [-0.39, 0.29) is 36.2 Å². The van der Waals surface area contributed by atoms with Crippen LogP contribution in [0.3, 0.4) is 0 Å². The van der Waals surface area contributed by atoms with Gasteiger partial charge in [-0.25, -0.2) is 12.8 Å². The Morgan fingerprint density at radius 1 is 1.17 bits per heavy atom. The van der Waals surface area contributed by atoms with Crippen molar-refractivity contribution < 1.29 is 22.4 Å². The van der Waals surface area contributed by atoms with Gasteiger partial charge in [-0.05, 0) is 55.3 Å². The fourth-order valence-corrected chi connectivity index (χ4v) is 5.40. The Kier molecular flexibility index (Phi) is 5.23. The Hall–Kier alpha value is -2.94. The maximum Gasteiger partial charge on any atom is 0.235 e. The predicted octanol–water partition coefficient (Wildman–Crippen LogP) is 2.67. The molecule has 2 heterocycles. The first-order chi connectivity index (χ1) is 14.2. The fraction of sp³-hybridized carbons (Fsp3) is 0.333. The maximum absolute atomic E-state index is 14.2. The number of nitrogens with one attached hydrogen (secondary N) is 1.